The SMILES string of the molecule is Cc1ccc2c(c1)C1C[NH2+]CCC1N2CCc1ccccc1. The Morgan fingerprint density at radius 2 is 2.00 bits per heavy atom. The highest BCUT2D eigenvalue weighted by molar-refractivity contribution is 5.63. The average Bonchev–Trinajstić information content (AvgIpc) is 2.87. The van der Waals surface area contributed by atoms with Gasteiger partial charge in [-0.25, -0.2) is 0 Å². The zero-order valence-electron chi connectivity index (χ0n) is 13.3. The lowest BCUT2D eigenvalue weighted by molar-refractivity contribution is -0.665. The number of quaternary nitrogens is 1. The molecule has 0 saturated carbocycles. The van der Waals surface area contributed by atoms with Gasteiger partial charge in [0, 0.05) is 24.7 Å². The van der Waals surface area contributed by atoms with E-state index in [1.807, 2.05) is 0 Å². The van der Waals surface area contributed by atoms with Crippen LogP contribution in [0.15, 0.2) is 48.5 Å². The Morgan fingerprint density at radius 3 is 2.86 bits per heavy atom. The Labute approximate surface area is 133 Å². The molecule has 22 heavy (non-hydrogen) atoms. The van der Waals surface area contributed by atoms with Crippen molar-refractivity contribution in [2.45, 2.75) is 31.7 Å². The Balaban J connectivity index is 1.61. The van der Waals surface area contributed by atoms with Crippen molar-refractivity contribution in [2.24, 2.45) is 0 Å². The summed E-state index contributed by atoms with van der Waals surface area (Å²) < 4.78 is 0. The van der Waals surface area contributed by atoms with E-state index < -0.39 is 0 Å². The highest BCUT2D eigenvalue weighted by Gasteiger charge is 2.41. The van der Waals surface area contributed by atoms with Gasteiger partial charge in [-0.1, -0.05) is 48.0 Å². The second-order valence-corrected chi connectivity index (χ2v) is 6.77. The third-order valence-corrected chi connectivity index (χ3v) is 5.33. The molecule has 2 aliphatic rings. The van der Waals surface area contributed by atoms with Crippen LogP contribution in [-0.2, 0) is 6.42 Å². The first-order chi connectivity index (χ1) is 10.8. The number of nitrogens with zero attached hydrogens (tertiary/aromatic N) is 1. The molecule has 2 aliphatic heterocycles. The lowest BCUT2D eigenvalue weighted by Crippen LogP contribution is -2.88. The van der Waals surface area contributed by atoms with Crippen molar-refractivity contribution in [3.63, 3.8) is 0 Å². The molecule has 2 heteroatoms. The quantitative estimate of drug-likeness (QED) is 0.921. The molecule has 4 rings (SSSR count). The van der Waals surface area contributed by atoms with Crippen LogP contribution in [0.1, 0.15) is 29.0 Å². The summed E-state index contributed by atoms with van der Waals surface area (Å²) in [7, 11) is 0. The van der Waals surface area contributed by atoms with E-state index in [1.54, 1.807) is 5.56 Å². The molecule has 2 unspecified atom stereocenters. The molecule has 0 bridgehead atoms. The molecule has 2 N–H and O–H groups in total. The fraction of sp³-hybridized carbons (Fsp3) is 0.400. The molecule has 0 spiro atoms. The summed E-state index contributed by atoms with van der Waals surface area (Å²) >= 11 is 0. The van der Waals surface area contributed by atoms with Gasteiger partial charge in [0.1, 0.15) is 0 Å². The smallest absolute Gasteiger partial charge is 0.0845 e. The van der Waals surface area contributed by atoms with Crippen molar-refractivity contribution in [3.05, 3.63) is 65.2 Å². The monoisotopic (exact) mass is 293 g/mol. The molecule has 2 aromatic carbocycles. The Morgan fingerprint density at radius 1 is 1.14 bits per heavy atom. The van der Waals surface area contributed by atoms with Crippen molar-refractivity contribution in [2.75, 3.05) is 24.5 Å². The number of nitrogens with two attached hydrogens (primary N) is 1. The predicted octanol–water partition coefficient (Wildman–Crippen LogP) is 2.48. The third-order valence-electron chi connectivity index (χ3n) is 5.33. The average molecular weight is 293 g/mol. The van der Waals surface area contributed by atoms with Gasteiger partial charge in [0.25, 0.3) is 0 Å². The van der Waals surface area contributed by atoms with Gasteiger partial charge >= 0.3 is 0 Å². The second-order valence-electron chi connectivity index (χ2n) is 6.77. The van der Waals surface area contributed by atoms with E-state index in [-0.39, 0.29) is 0 Å². The number of fused-ring (bicyclic) bond motifs is 3. The van der Waals surface area contributed by atoms with E-state index in [0.717, 1.165) is 18.9 Å². The van der Waals surface area contributed by atoms with E-state index >= 15 is 0 Å². The first-order valence-electron chi connectivity index (χ1n) is 8.56. The van der Waals surface area contributed by atoms with E-state index in [2.05, 4.69) is 65.7 Å². The van der Waals surface area contributed by atoms with Crippen molar-refractivity contribution < 1.29 is 5.32 Å². The predicted molar refractivity (Wildman–Crippen MR) is 91.5 cm³/mol. The summed E-state index contributed by atoms with van der Waals surface area (Å²) in [5.41, 5.74) is 5.93. The second kappa shape index (κ2) is 5.77. The molecule has 1 fully saturated rings. The number of hydrogen-bond acceptors (Lipinski definition) is 1. The van der Waals surface area contributed by atoms with Gasteiger partial charge in [0.15, 0.2) is 0 Å². The van der Waals surface area contributed by atoms with Gasteiger partial charge in [0.05, 0.1) is 19.0 Å². The number of rotatable bonds is 3. The lowest BCUT2D eigenvalue weighted by atomic mass is 9.89. The summed E-state index contributed by atoms with van der Waals surface area (Å²) in [6, 6.07) is 18.7. The van der Waals surface area contributed by atoms with Crippen molar-refractivity contribution in [3.8, 4) is 0 Å². The molecule has 1 saturated heterocycles. The first-order valence-corrected chi connectivity index (χ1v) is 8.56. The number of aryl methyl sites for hydroxylation is 1. The van der Waals surface area contributed by atoms with Gasteiger partial charge in [0.2, 0.25) is 0 Å². The summed E-state index contributed by atoms with van der Waals surface area (Å²) in [5, 5.41) is 2.49. The van der Waals surface area contributed by atoms with Crippen LogP contribution >= 0.6 is 0 Å². The maximum absolute atomic E-state index is 2.69. The molecule has 2 nitrogen and oxygen atoms in total. The maximum Gasteiger partial charge on any atom is 0.0845 e. The van der Waals surface area contributed by atoms with E-state index in [0.29, 0.717) is 6.04 Å². The molecule has 2 atom stereocenters. The van der Waals surface area contributed by atoms with Crippen molar-refractivity contribution >= 4 is 5.69 Å². The van der Waals surface area contributed by atoms with Crippen LogP contribution in [0.2, 0.25) is 0 Å². The Hall–Kier alpha value is -1.80. The molecule has 0 amide bonds. The molecule has 0 aromatic heterocycles. The van der Waals surface area contributed by atoms with Crippen LogP contribution < -0.4 is 10.2 Å². The number of benzene rings is 2. The van der Waals surface area contributed by atoms with E-state index in [9.17, 15) is 0 Å². The van der Waals surface area contributed by atoms with Gasteiger partial charge in [-0.15, -0.1) is 0 Å². The standard InChI is InChI=1S/C20H24N2/c1-15-7-8-19-17(13-15)18-14-21-11-9-20(18)22(19)12-10-16-5-3-2-4-6-16/h2-8,13,18,20-21H,9-12,14H2,1H3/p+1. The molecule has 0 radical (unpaired) electrons. The fourth-order valence-electron chi connectivity index (χ4n) is 4.24. The van der Waals surface area contributed by atoms with Crippen LogP contribution in [0.5, 0.6) is 0 Å². The van der Waals surface area contributed by atoms with Crippen molar-refractivity contribution in [1.82, 2.24) is 0 Å². The summed E-state index contributed by atoms with van der Waals surface area (Å²) in [6.45, 7) is 5.88. The highest BCUT2D eigenvalue weighted by Crippen LogP contribution is 2.42. The minimum Gasteiger partial charge on any atom is -0.367 e. The summed E-state index contributed by atoms with van der Waals surface area (Å²) in [5.74, 6) is 0.722. The topological polar surface area (TPSA) is 19.9 Å². The molecular formula is C20H25N2+. The zero-order valence-corrected chi connectivity index (χ0v) is 13.3. The number of anilines is 1. The molecule has 2 aromatic rings. The maximum atomic E-state index is 2.69. The summed E-state index contributed by atoms with van der Waals surface area (Å²) in [4.78, 5) is 2.69. The Bertz CT molecular complexity index is 650. The van der Waals surface area contributed by atoms with E-state index in [1.165, 1.54) is 36.3 Å². The van der Waals surface area contributed by atoms with Crippen LogP contribution in [0.4, 0.5) is 5.69 Å². The molecule has 0 aliphatic carbocycles. The van der Waals surface area contributed by atoms with Gasteiger partial charge in [-0.3, -0.25) is 0 Å². The van der Waals surface area contributed by atoms with Gasteiger partial charge in [-0.2, -0.15) is 0 Å². The number of piperidine rings is 1. The van der Waals surface area contributed by atoms with Crippen LogP contribution in [0.3, 0.4) is 0 Å². The number of hydrogen-bond donors (Lipinski definition) is 1. The van der Waals surface area contributed by atoms with Crippen LogP contribution in [0, 0.1) is 6.92 Å². The van der Waals surface area contributed by atoms with Crippen LogP contribution in [-0.4, -0.2) is 25.7 Å². The van der Waals surface area contributed by atoms with Crippen molar-refractivity contribution in [1.29, 1.82) is 0 Å². The minimum absolute atomic E-state index is 0.713. The highest BCUT2D eigenvalue weighted by atomic mass is 15.2. The Kier molecular flexibility index (Phi) is 3.63. The minimum atomic E-state index is 0.713. The zero-order chi connectivity index (χ0) is 14.9. The normalized spacial score (nSPS) is 23.2. The molecule has 114 valence electrons. The van der Waals surface area contributed by atoms with E-state index in [4.69, 9.17) is 0 Å². The first kappa shape index (κ1) is 13.8. The molecular weight excluding hydrogens is 268 g/mol. The van der Waals surface area contributed by atoms with Crippen LogP contribution in [0.25, 0.3) is 0 Å². The van der Waals surface area contributed by atoms with Gasteiger partial charge in [-0.05, 0) is 30.5 Å². The third kappa shape index (κ3) is 2.42. The largest absolute Gasteiger partial charge is 0.367 e. The lowest BCUT2D eigenvalue weighted by Gasteiger charge is -2.32. The summed E-state index contributed by atoms with van der Waals surface area (Å²) in [6.07, 6.45) is 2.45. The molecule has 2 heterocycles. The van der Waals surface area contributed by atoms with Gasteiger partial charge < -0.3 is 10.2 Å². The fourth-order valence-corrected chi connectivity index (χ4v) is 4.24.